The molecule has 0 saturated heterocycles. The number of hydrogen-bond acceptors (Lipinski definition) is 3. The Bertz CT molecular complexity index is 1230. The van der Waals surface area contributed by atoms with Gasteiger partial charge in [0.2, 0.25) is 5.91 Å². The molecule has 3 atom stereocenters. The van der Waals surface area contributed by atoms with Crippen molar-refractivity contribution in [2.24, 2.45) is 17.8 Å². The van der Waals surface area contributed by atoms with Gasteiger partial charge < -0.3 is 0 Å². The third-order valence-corrected chi connectivity index (χ3v) is 6.85. The number of aromatic nitrogens is 2. The van der Waals surface area contributed by atoms with Crippen LogP contribution in [0.25, 0.3) is 22.0 Å². The minimum Gasteiger partial charge on any atom is -0.273 e. The zero-order valence-corrected chi connectivity index (χ0v) is 17.2. The van der Waals surface area contributed by atoms with Gasteiger partial charge in [0.25, 0.3) is 5.56 Å². The Morgan fingerprint density at radius 3 is 2.38 bits per heavy atom. The number of amides is 1. The number of rotatable bonds is 4. The lowest BCUT2D eigenvalue weighted by molar-refractivity contribution is -0.137. The highest BCUT2D eigenvalue weighted by atomic mass is 19.4. The third-order valence-electron chi connectivity index (χ3n) is 6.85. The second kappa shape index (κ2) is 7.76. The molecule has 1 amide bonds. The molecule has 0 radical (unpaired) electrons. The lowest BCUT2D eigenvalue weighted by atomic mass is 9.86. The van der Waals surface area contributed by atoms with E-state index in [0.717, 1.165) is 29.8 Å². The van der Waals surface area contributed by atoms with Crippen LogP contribution in [0.15, 0.2) is 53.3 Å². The number of fused-ring (bicyclic) bond motifs is 3. The van der Waals surface area contributed by atoms with Crippen molar-refractivity contribution in [1.82, 2.24) is 9.89 Å². The quantitative estimate of drug-likeness (QED) is 0.621. The van der Waals surface area contributed by atoms with E-state index in [4.69, 9.17) is 0 Å². The summed E-state index contributed by atoms with van der Waals surface area (Å²) in [4.78, 5) is 26.6. The van der Waals surface area contributed by atoms with Crippen LogP contribution in [-0.2, 0) is 11.0 Å². The number of carbonyl (C=O) groups excluding carboxylic acids is 1. The molecule has 5 nitrogen and oxygen atoms in total. The fourth-order valence-corrected chi connectivity index (χ4v) is 5.32. The largest absolute Gasteiger partial charge is 0.416 e. The number of alkyl halides is 3. The third kappa shape index (κ3) is 3.78. The second-order valence-electron chi connectivity index (χ2n) is 8.86. The van der Waals surface area contributed by atoms with E-state index in [2.05, 4.69) is 10.5 Å². The van der Waals surface area contributed by atoms with Crippen molar-refractivity contribution in [2.45, 2.75) is 38.3 Å². The molecule has 2 bridgehead atoms. The summed E-state index contributed by atoms with van der Waals surface area (Å²) in [5, 5.41) is 5.16. The minimum atomic E-state index is -4.44. The summed E-state index contributed by atoms with van der Waals surface area (Å²) in [7, 11) is 0. The number of hydrogen-bond donors (Lipinski definition) is 1. The van der Waals surface area contributed by atoms with Gasteiger partial charge in [-0.15, -0.1) is 9.89 Å². The van der Waals surface area contributed by atoms with Crippen molar-refractivity contribution in [3.63, 3.8) is 0 Å². The van der Waals surface area contributed by atoms with Crippen molar-refractivity contribution in [3.8, 4) is 11.3 Å². The van der Waals surface area contributed by atoms with E-state index in [1.807, 2.05) is 0 Å². The molecule has 2 aromatic carbocycles. The molecule has 1 aromatic heterocycles. The van der Waals surface area contributed by atoms with Crippen LogP contribution in [0.3, 0.4) is 0 Å². The fraction of sp³-hybridized carbons (Fsp3) is 0.375. The lowest BCUT2D eigenvalue weighted by Gasteiger charge is -2.21. The van der Waals surface area contributed by atoms with Gasteiger partial charge in [-0.25, -0.2) is 5.43 Å². The maximum atomic E-state index is 12.9. The highest BCUT2D eigenvalue weighted by Gasteiger charge is 2.40. The molecule has 166 valence electrons. The first-order valence-electron chi connectivity index (χ1n) is 10.8. The van der Waals surface area contributed by atoms with Gasteiger partial charge in [0, 0.05) is 17.4 Å². The van der Waals surface area contributed by atoms with Crippen molar-refractivity contribution in [2.75, 3.05) is 5.43 Å². The summed E-state index contributed by atoms with van der Waals surface area (Å²) in [6.45, 7) is 0. The van der Waals surface area contributed by atoms with Crippen LogP contribution in [0.2, 0.25) is 0 Å². The monoisotopic (exact) mass is 441 g/mol. The van der Waals surface area contributed by atoms with E-state index in [-0.39, 0.29) is 5.91 Å². The first-order chi connectivity index (χ1) is 15.3. The van der Waals surface area contributed by atoms with Gasteiger partial charge in [-0.3, -0.25) is 9.59 Å². The smallest absolute Gasteiger partial charge is 0.273 e. The van der Waals surface area contributed by atoms with Gasteiger partial charge in [-0.2, -0.15) is 13.2 Å². The van der Waals surface area contributed by atoms with Crippen LogP contribution in [0, 0.1) is 17.8 Å². The molecule has 1 N–H and O–H groups in total. The summed E-state index contributed by atoms with van der Waals surface area (Å²) in [5.74, 6) is 1.35. The number of nitrogens with one attached hydrogen (secondary N) is 1. The average Bonchev–Trinajstić information content (AvgIpc) is 3.38. The van der Waals surface area contributed by atoms with E-state index in [1.54, 1.807) is 24.3 Å². The van der Waals surface area contributed by atoms with Gasteiger partial charge in [-0.05, 0) is 55.2 Å². The number of halogens is 3. The zero-order chi connectivity index (χ0) is 22.5. The van der Waals surface area contributed by atoms with E-state index >= 15 is 0 Å². The topological polar surface area (TPSA) is 64.0 Å². The molecule has 0 unspecified atom stereocenters. The zero-order valence-electron chi connectivity index (χ0n) is 17.2. The van der Waals surface area contributed by atoms with Gasteiger partial charge >= 0.3 is 6.18 Å². The Balaban J connectivity index is 1.48. The van der Waals surface area contributed by atoms with Gasteiger partial charge in [-0.1, -0.05) is 36.8 Å². The normalized spacial score (nSPS) is 22.4. The molecular formula is C24H22F3N3O2. The maximum absolute atomic E-state index is 12.9. The van der Waals surface area contributed by atoms with Crippen LogP contribution in [-0.4, -0.2) is 15.8 Å². The van der Waals surface area contributed by atoms with Crippen LogP contribution in [0.1, 0.15) is 37.7 Å². The summed E-state index contributed by atoms with van der Waals surface area (Å²) in [6, 6.07) is 11.3. The summed E-state index contributed by atoms with van der Waals surface area (Å²) >= 11 is 0. The van der Waals surface area contributed by atoms with Crippen LogP contribution in [0.4, 0.5) is 13.2 Å². The molecule has 32 heavy (non-hydrogen) atoms. The highest BCUT2D eigenvalue weighted by Crippen LogP contribution is 2.49. The summed E-state index contributed by atoms with van der Waals surface area (Å²) in [6.07, 6.45) is 0.539. The Hall–Kier alpha value is -3.16. The van der Waals surface area contributed by atoms with Gasteiger partial charge in [0.1, 0.15) is 5.69 Å². The van der Waals surface area contributed by atoms with Gasteiger partial charge in [0.15, 0.2) is 0 Å². The molecule has 0 aliphatic heterocycles. The first kappa shape index (κ1) is 20.7. The molecule has 2 aliphatic rings. The Labute approximate surface area is 182 Å². The number of benzene rings is 2. The van der Waals surface area contributed by atoms with Crippen LogP contribution in [0.5, 0.6) is 0 Å². The molecule has 3 aromatic rings. The SMILES string of the molecule is O=C(C[C@@H]1C[C@H]2CC[C@H]1C2)Nn1nc(-c2ccc(C(F)(F)F)cc2)c2ccccc2c1=O. The van der Waals surface area contributed by atoms with Crippen molar-refractivity contribution in [3.05, 3.63) is 64.4 Å². The van der Waals surface area contributed by atoms with Crippen LogP contribution < -0.4 is 11.0 Å². The Morgan fingerprint density at radius 1 is 1.03 bits per heavy atom. The molecule has 2 aliphatic carbocycles. The molecule has 8 heteroatoms. The summed E-state index contributed by atoms with van der Waals surface area (Å²) < 4.78 is 38.8. The Kier molecular flexibility index (Phi) is 5.03. The molecule has 5 rings (SSSR count). The predicted molar refractivity (Wildman–Crippen MR) is 114 cm³/mol. The molecular weight excluding hydrogens is 419 g/mol. The van der Waals surface area contributed by atoms with Crippen LogP contribution >= 0.6 is 0 Å². The predicted octanol–water partition coefficient (Wildman–Crippen LogP) is 4.98. The van der Waals surface area contributed by atoms with Gasteiger partial charge in [0.05, 0.1) is 10.9 Å². The molecule has 1 heterocycles. The lowest BCUT2D eigenvalue weighted by Crippen LogP contribution is -2.36. The van der Waals surface area contributed by atoms with E-state index in [0.29, 0.717) is 46.2 Å². The number of nitrogens with zero attached hydrogens (tertiary/aromatic N) is 2. The van der Waals surface area contributed by atoms with Crippen molar-refractivity contribution in [1.29, 1.82) is 0 Å². The van der Waals surface area contributed by atoms with E-state index in [1.165, 1.54) is 25.0 Å². The Morgan fingerprint density at radius 2 is 1.75 bits per heavy atom. The second-order valence-corrected chi connectivity index (χ2v) is 8.86. The number of carbonyl (C=O) groups is 1. The maximum Gasteiger partial charge on any atom is 0.416 e. The van der Waals surface area contributed by atoms with E-state index < -0.39 is 17.3 Å². The molecule has 0 spiro atoms. The van der Waals surface area contributed by atoms with Crippen molar-refractivity contribution < 1.29 is 18.0 Å². The van der Waals surface area contributed by atoms with Crippen molar-refractivity contribution >= 4 is 16.7 Å². The molecule has 2 fully saturated rings. The summed E-state index contributed by atoms with van der Waals surface area (Å²) in [5.41, 5.74) is 2.12. The fourth-order valence-electron chi connectivity index (χ4n) is 5.32. The molecule has 2 saturated carbocycles. The average molecular weight is 441 g/mol. The van der Waals surface area contributed by atoms with E-state index in [9.17, 15) is 22.8 Å². The highest BCUT2D eigenvalue weighted by molar-refractivity contribution is 5.94. The first-order valence-corrected chi connectivity index (χ1v) is 10.8. The minimum absolute atomic E-state index is 0.272. The standard InChI is InChI=1S/C24H22F3N3O2/c25-24(26,27)18-9-7-15(8-10-18)22-19-3-1-2-4-20(19)23(32)30(29-22)28-21(31)13-17-12-14-5-6-16(17)11-14/h1-4,7-10,14,16-17H,5-6,11-13H2,(H,28,31)/t14-,16-,17-/m0/s1.